The molecule has 0 radical (unpaired) electrons. The van der Waals surface area contributed by atoms with Gasteiger partial charge in [-0.15, -0.1) is 0 Å². The fourth-order valence-electron chi connectivity index (χ4n) is 1.41. The van der Waals surface area contributed by atoms with Gasteiger partial charge in [0.05, 0.1) is 18.8 Å². The Morgan fingerprint density at radius 1 is 1.50 bits per heavy atom. The lowest BCUT2D eigenvalue weighted by atomic mass is 10.1. The highest BCUT2D eigenvalue weighted by molar-refractivity contribution is 5.68. The maximum Gasteiger partial charge on any atom is 0.168 e. The van der Waals surface area contributed by atoms with Crippen LogP contribution in [-0.4, -0.2) is 13.7 Å². The minimum atomic E-state index is 0.323. The van der Waals surface area contributed by atoms with Crippen molar-refractivity contribution in [2.75, 3.05) is 13.7 Å². The Morgan fingerprint density at radius 2 is 2.36 bits per heavy atom. The third kappa shape index (κ3) is 1.31. The average Bonchev–Trinajstić information content (AvgIpc) is 2.27. The summed E-state index contributed by atoms with van der Waals surface area (Å²) in [5.74, 6) is 1.42. The average molecular weight is 187 g/mol. The Bertz CT molecular complexity index is 429. The Morgan fingerprint density at radius 3 is 3.07 bits per heavy atom. The largest absolute Gasteiger partial charge is 0.493 e. The number of nitrogens with zero attached hydrogens (tertiary/aromatic N) is 1. The second kappa shape index (κ2) is 3.43. The first kappa shape index (κ1) is 8.64. The van der Waals surface area contributed by atoms with Gasteiger partial charge in [0.1, 0.15) is 6.61 Å². The van der Waals surface area contributed by atoms with Gasteiger partial charge in [0.15, 0.2) is 11.5 Å². The van der Waals surface area contributed by atoms with Crippen molar-refractivity contribution in [2.45, 2.75) is 0 Å². The van der Waals surface area contributed by atoms with Crippen LogP contribution in [0.15, 0.2) is 23.8 Å². The molecule has 1 aromatic carbocycles. The number of nitriles is 1. The number of rotatable bonds is 1. The Labute approximate surface area is 82.2 Å². The molecular weight excluding hydrogens is 178 g/mol. The highest BCUT2D eigenvalue weighted by Crippen LogP contribution is 2.35. The molecule has 0 aliphatic carbocycles. The molecule has 1 aromatic rings. The third-order valence-electron chi connectivity index (χ3n) is 2.07. The smallest absolute Gasteiger partial charge is 0.168 e. The molecule has 1 heterocycles. The quantitative estimate of drug-likeness (QED) is 0.675. The van der Waals surface area contributed by atoms with Gasteiger partial charge in [0, 0.05) is 5.56 Å². The van der Waals surface area contributed by atoms with Gasteiger partial charge in [-0.05, 0) is 12.1 Å². The van der Waals surface area contributed by atoms with E-state index in [-0.39, 0.29) is 0 Å². The fraction of sp³-hybridized carbons (Fsp3) is 0.182. The van der Waals surface area contributed by atoms with Crippen LogP contribution >= 0.6 is 0 Å². The van der Waals surface area contributed by atoms with E-state index < -0.39 is 0 Å². The maximum atomic E-state index is 8.71. The third-order valence-corrected chi connectivity index (χ3v) is 2.07. The molecule has 1 aliphatic rings. The van der Waals surface area contributed by atoms with Gasteiger partial charge >= 0.3 is 0 Å². The standard InChI is InChI=1S/C11H9NO2/c1-13-10-4-2-3-9-5-8(6-12)7-14-11(9)10/h2-5H,7H2,1H3. The van der Waals surface area contributed by atoms with E-state index in [2.05, 4.69) is 6.07 Å². The van der Waals surface area contributed by atoms with E-state index >= 15 is 0 Å². The Balaban J connectivity index is 2.52. The first-order valence-corrected chi connectivity index (χ1v) is 4.25. The van der Waals surface area contributed by atoms with Gasteiger partial charge < -0.3 is 9.47 Å². The summed E-state index contributed by atoms with van der Waals surface area (Å²) in [5, 5.41) is 8.71. The number of ether oxygens (including phenoxy) is 2. The normalized spacial score (nSPS) is 13.3. The molecule has 0 atom stereocenters. The second-order valence-electron chi connectivity index (χ2n) is 2.95. The number of methoxy groups -OCH3 is 1. The summed E-state index contributed by atoms with van der Waals surface area (Å²) in [6.45, 7) is 0.323. The summed E-state index contributed by atoms with van der Waals surface area (Å²) in [7, 11) is 1.60. The van der Waals surface area contributed by atoms with E-state index in [1.165, 1.54) is 0 Å². The molecule has 0 aromatic heterocycles. The minimum Gasteiger partial charge on any atom is -0.493 e. The predicted octanol–water partition coefficient (Wildman–Crippen LogP) is 1.99. The zero-order valence-corrected chi connectivity index (χ0v) is 7.78. The maximum absolute atomic E-state index is 8.71. The molecule has 2 rings (SSSR count). The summed E-state index contributed by atoms with van der Waals surface area (Å²) in [6, 6.07) is 7.68. The van der Waals surface area contributed by atoms with Crippen LogP contribution in [-0.2, 0) is 0 Å². The fourth-order valence-corrected chi connectivity index (χ4v) is 1.41. The molecule has 3 nitrogen and oxygen atoms in total. The van der Waals surface area contributed by atoms with Crippen molar-refractivity contribution < 1.29 is 9.47 Å². The van der Waals surface area contributed by atoms with Gasteiger partial charge in [-0.25, -0.2) is 0 Å². The van der Waals surface area contributed by atoms with E-state index in [0.29, 0.717) is 23.7 Å². The summed E-state index contributed by atoms with van der Waals surface area (Å²) in [6.07, 6.45) is 1.82. The molecule has 0 N–H and O–H groups in total. The lowest BCUT2D eigenvalue weighted by Gasteiger charge is -2.16. The lowest BCUT2D eigenvalue weighted by Crippen LogP contribution is -2.07. The SMILES string of the molecule is COc1cccc2c1OCC(C#N)=C2. The van der Waals surface area contributed by atoms with Crippen LogP contribution in [0.5, 0.6) is 11.5 Å². The Hall–Kier alpha value is -1.95. The van der Waals surface area contributed by atoms with E-state index in [0.717, 1.165) is 5.56 Å². The molecule has 0 amide bonds. The van der Waals surface area contributed by atoms with Crippen LogP contribution in [0.25, 0.3) is 6.08 Å². The second-order valence-corrected chi connectivity index (χ2v) is 2.95. The van der Waals surface area contributed by atoms with Crippen molar-refractivity contribution >= 4 is 6.08 Å². The number of hydrogen-bond donors (Lipinski definition) is 0. The molecule has 14 heavy (non-hydrogen) atoms. The number of para-hydroxylation sites is 1. The van der Waals surface area contributed by atoms with Gasteiger partial charge in [-0.3, -0.25) is 0 Å². The van der Waals surface area contributed by atoms with Gasteiger partial charge in [-0.2, -0.15) is 5.26 Å². The van der Waals surface area contributed by atoms with Crippen LogP contribution < -0.4 is 9.47 Å². The number of benzene rings is 1. The molecule has 1 aliphatic heterocycles. The molecule has 0 spiro atoms. The summed E-state index contributed by atoms with van der Waals surface area (Å²) in [5.41, 5.74) is 1.53. The lowest BCUT2D eigenvalue weighted by molar-refractivity contribution is 0.318. The van der Waals surface area contributed by atoms with Gasteiger partial charge in [-0.1, -0.05) is 12.1 Å². The van der Waals surface area contributed by atoms with Crippen LogP contribution in [0.1, 0.15) is 5.56 Å². The molecule has 70 valence electrons. The predicted molar refractivity (Wildman–Crippen MR) is 52.1 cm³/mol. The van der Waals surface area contributed by atoms with Crippen molar-refractivity contribution in [3.8, 4) is 17.6 Å². The van der Waals surface area contributed by atoms with Crippen LogP contribution in [0.2, 0.25) is 0 Å². The van der Waals surface area contributed by atoms with Crippen molar-refractivity contribution in [1.29, 1.82) is 5.26 Å². The Kier molecular flexibility index (Phi) is 2.11. The van der Waals surface area contributed by atoms with Crippen LogP contribution in [0.3, 0.4) is 0 Å². The first-order valence-electron chi connectivity index (χ1n) is 4.25. The van der Waals surface area contributed by atoms with Crippen molar-refractivity contribution in [1.82, 2.24) is 0 Å². The first-order chi connectivity index (χ1) is 6.85. The number of fused-ring (bicyclic) bond motifs is 1. The topological polar surface area (TPSA) is 42.2 Å². The summed E-state index contributed by atoms with van der Waals surface area (Å²) < 4.78 is 10.6. The zero-order chi connectivity index (χ0) is 9.97. The van der Waals surface area contributed by atoms with E-state index in [9.17, 15) is 0 Å². The van der Waals surface area contributed by atoms with E-state index in [1.54, 1.807) is 7.11 Å². The molecule has 0 bridgehead atoms. The molecule has 0 unspecified atom stereocenters. The molecule has 0 saturated carbocycles. The number of hydrogen-bond acceptors (Lipinski definition) is 3. The molecular formula is C11H9NO2. The minimum absolute atomic E-state index is 0.323. The highest BCUT2D eigenvalue weighted by atomic mass is 16.5. The molecule has 3 heteroatoms. The van der Waals surface area contributed by atoms with Gasteiger partial charge in [0.2, 0.25) is 0 Å². The molecule has 0 saturated heterocycles. The van der Waals surface area contributed by atoms with E-state index in [1.807, 2.05) is 24.3 Å². The van der Waals surface area contributed by atoms with Crippen LogP contribution in [0.4, 0.5) is 0 Å². The van der Waals surface area contributed by atoms with Crippen molar-refractivity contribution in [3.63, 3.8) is 0 Å². The summed E-state index contributed by atoms with van der Waals surface area (Å²) >= 11 is 0. The summed E-state index contributed by atoms with van der Waals surface area (Å²) in [4.78, 5) is 0. The van der Waals surface area contributed by atoms with E-state index in [4.69, 9.17) is 14.7 Å². The van der Waals surface area contributed by atoms with Crippen LogP contribution in [0, 0.1) is 11.3 Å². The van der Waals surface area contributed by atoms with Crippen molar-refractivity contribution in [3.05, 3.63) is 29.3 Å². The monoisotopic (exact) mass is 187 g/mol. The highest BCUT2D eigenvalue weighted by Gasteiger charge is 2.14. The van der Waals surface area contributed by atoms with Crippen molar-refractivity contribution in [2.24, 2.45) is 0 Å². The molecule has 0 fully saturated rings. The zero-order valence-electron chi connectivity index (χ0n) is 7.78. The van der Waals surface area contributed by atoms with Gasteiger partial charge in [0.25, 0.3) is 0 Å².